The molecule has 0 heterocycles. The Kier molecular flexibility index (Phi) is 5.99. The van der Waals surface area contributed by atoms with Crippen molar-refractivity contribution in [1.82, 2.24) is 0 Å². The predicted octanol–water partition coefficient (Wildman–Crippen LogP) is 2.27. The lowest BCUT2D eigenvalue weighted by molar-refractivity contribution is -0.122. The smallest absolute Gasteiger partial charge is 0.254 e. The summed E-state index contributed by atoms with van der Waals surface area (Å²) in [5, 5.41) is 9.14. The van der Waals surface area contributed by atoms with Gasteiger partial charge in [-0.05, 0) is 38.3 Å². The van der Waals surface area contributed by atoms with Gasteiger partial charge in [0.15, 0.2) is 0 Å². The van der Waals surface area contributed by atoms with E-state index in [2.05, 4.69) is 0 Å². The topological polar surface area (TPSA) is 49.8 Å². The van der Waals surface area contributed by atoms with E-state index in [-0.39, 0.29) is 18.7 Å². The van der Waals surface area contributed by atoms with Crippen molar-refractivity contribution >= 4 is 11.6 Å². The van der Waals surface area contributed by atoms with Gasteiger partial charge in [-0.2, -0.15) is 0 Å². The van der Waals surface area contributed by atoms with Crippen molar-refractivity contribution in [3.63, 3.8) is 0 Å². The first-order chi connectivity index (χ1) is 9.01. The van der Waals surface area contributed by atoms with Gasteiger partial charge in [-0.1, -0.05) is 25.1 Å². The Bertz CT molecular complexity index is 429. The van der Waals surface area contributed by atoms with E-state index >= 15 is 0 Å². The fourth-order valence-corrected chi connectivity index (χ4v) is 1.96. The molecule has 1 amide bonds. The maximum Gasteiger partial charge on any atom is 0.254 e. The van der Waals surface area contributed by atoms with E-state index in [1.807, 2.05) is 45.9 Å². The molecule has 19 heavy (non-hydrogen) atoms. The van der Waals surface area contributed by atoms with E-state index in [0.29, 0.717) is 0 Å². The lowest BCUT2D eigenvalue weighted by Gasteiger charge is -2.27. The molecule has 1 rings (SSSR count). The summed E-state index contributed by atoms with van der Waals surface area (Å²) in [4.78, 5) is 13.5. The van der Waals surface area contributed by atoms with Crippen LogP contribution in [-0.4, -0.2) is 30.5 Å². The summed E-state index contributed by atoms with van der Waals surface area (Å²) in [5.41, 5.74) is 2.94. The maximum atomic E-state index is 11.9. The number of ether oxygens (including phenoxy) is 1. The Morgan fingerprint density at radius 1 is 1.42 bits per heavy atom. The molecule has 0 spiro atoms. The van der Waals surface area contributed by atoms with Crippen LogP contribution in [0.3, 0.4) is 0 Å². The number of benzene rings is 1. The standard InChI is InChI=1S/C15H23NO3/c1-5-13-8-6-7-12(4)15(13)16(14(18)9-17)10-19-11(2)3/h6-8,11,17H,5,9-10H2,1-4H3. The van der Waals surface area contributed by atoms with Crippen molar-refractivity contribution in [3.8, 4) is 0 Å². The van der Waals surface area contributed by atoms with Gasteiger partial charge >= 0.3 is 0 Å². The lowest BCUT2D eigenvalue weighted by atomic mass is 10.0. The molecule has 0 saturated carbocycles. The van der Waals surface area contributed by atoms with Crippen molar-refractivity contribution in [2.75, 3.05) is 18.2 Å². The lowest BCUT2D eigenvalue weighted by Crippen LogP contribution is -2.37. The quantitative estimate of drug-likeness (QED) is 0.803. The highest BCUT2D eigenvalue weighted by Gasteiger charge is 2.19. The molecule has 0 aliphatic rings. The first-order valence-corrected chi connectivity index (χ1v) is 6.62. The number of aryl methyl sites for hydroxylation is 2. The van der Waals surface area contributed by atoms with Crippen molar-refractivity contribution in [1.29, 1.82) is 0 Å². The second-order valence-electron chi connectivity index (χ2n) is 4.76. The minimum atomic E-state index is -0.515. The number of aliphatic hydroxyl groups is 1. The highest BCUT2D eigenvalue weighted by Crippen LogP contribution is 2.26. The third-order valence-electron chi connectivity index (χ3n) is 2.95. The Morgan fingerprint density at radius 2 is 2.11 bits per heavy atom. The normalized spacial score (nSPS) is 10.8. The number of aliphatic hydroxyl groups excluding tert-OH is 1. The van der Waals surface area contributed by atoms with Crippen LogP contribution in [0.25, 0.3) is 0 Å². The highest BCUT2D eigenvalue weighted by molar-refractivity contribution is 5.95. The van der Waals surface area contributed by atoms with Crippen LogP contribution < -0.4 is 4.90 Å². The zero-order valence-corrected chi connectivity index (χ0v) is 12.1. The van der Waals surface area contributed by atoms with Crippen LogP contribution in [-0.2, 0) is 16.0 Å². The Morgan fingerprint density at radius 3 is 2.63 bits per heavy atom. The Balaban J connectivity index is 3.13. The SMILES string of the molecule is CCc1cccc(C)c1N(COC(C)C)C(=O)CO. The minimum absolute atomic E-state index is 0.0306. The summed E-state index contributed by atoms with van der Waals surface area (Å²) in [6.07, 6.45) is 0.858. The molecule has 0 atom stereocenters. The van der Waals surface area contributed by atoms with E-state index in [4.69, 9.17) is 9.84 Å². The van der Waals surface area contributed by atoms with E-state index in [0.717, 1.165) is 23.2 Å². The molecule has 0 bridgehead atoms. The average Bonchev–Trinajstić information content (AvgIpc) is 2.39. The number of rotatable bonds is 6. The van der Waals surface area contributed by atoms with Gasteiger partial charge in [0.1, 0.15) is 13.3 Å². The molecule has 1 aromatic rings. The number of hydrogen-bond donors (Lipinski definition) is 1. The van der Waals surface area contributed by atoms with Crippen LogP contribution >= 0.6 is 0 Å². The molecule has 0 radical (unpaired) electrons. The van der Waals surface area contributed by atoms with Crippen LogP contribution in [0.4, 0.5) is 5.69 Å². The van der Waals surface area contributed by atoms with Gasteiger partial charge in [0.05, 0.1) is 11.8 Å². The average molecular weight is 265 g/mol. The van der Waals surface area contributed by atoms with Crippen LogP contribution in [0.1, 0.15) is 31.9 Å². The molecule has 1 aromatic carbocycles. The molecule has 4 nitrogen and oxygen atoms in total. The third kappa shape index (κ3) is 4.04. The fraction of sp³-hybridized carbons (Fsp3) is 0.533. The van der Waals surface area contributed by atoms with Gasteiger partial charge in [-0.3, -0.25) is 9.69 Å². The van der Waals surface area contributed by atoms with Gasteiger partial charge in [0.2, 0.25) is 0 Å². The van der Waals surface area contributed by atoms with Gasteiger partial charge < -0.3 is 9.84 Å². The van der Waals surface area contributed by atoms with Crippen LogP contribution in [0.5, 0.6) is 0 Å². The Hall–Kier alpha value is -1.39. The van der Waals surface area contributed by atoms with Crippen molar-refractivity contribution < 1.29 is 14.6 Å². The number of para-hydroxylation sites is 1. The van der Waals surface area contributed by atoms with E-state index < -0.39 is 6.61 Å². The molecule has 0 aromatic heterocycles. The Labute approximate surface area is 115 Å². The number of carbonyl (C=O) groups is 1. The molecule has 0 unspecified atom stereocenters. The zero-order chi connectivity index (χ0) is 14.4. The number of carbonyl (C=O) groups excluding carboxylic acids is 1. The van der Waals surface area contributed by atoms with Crippen molar-refractivity contribution in [2.24, 2.45) is 0 Å². The molecule has 0 fully saturated rings. The summed E-state index contributed by atoms with van der Waals surface area (Å²) in [7, 11) is 0. The molecule has 106 valence electrons. The predicted molar refractivity (Wildman–Crippen MR) is 76.2 cm³/mol. The zero-order valence-electron chi connectivity index (χ0n) is 12.1. The number of hydrogen-bond acceptors (Lipinski definition) is 3. The van der Waals surface area contributed by atoms with Gasteiger partial charge in [-0.25, -0.2) is 0 Å². The van der Waals surface area contributed by atoms with Crippen LogP contribution in [0.2, 0.25) is 0 Å². The summed E-state index contributed by atoms with van der Waals surface area (Å²) in [5.74, 6) is -0.343. The van der Waals surface area contributed by atoms with Gasteiger partial charge in [0, 0.05) is 0 Å². The first kappa shape index (κ1) is 15.7. The highest BCUT2D eigenvalue weighted by atomic mass is 16.5. The van der Waals surface area contributed by atoms with Crippen molar-refractivity contribution in [2.45, 2.75) is 40.2 Å². The van der Waals surface area contributed by atoms with Gasteiger partial charge in [0.25, 0.3) is 5.91 Å². The maximum absolute atomic E-state index is 11.9. The summed E-state index contributed by atoms with van der Waals surface area (Å²) in [6.45, 7) is 7.49. The molecule has 0 saturated heterocycles. The van der Waals surface area contributed by atoms with E-state index in [9.17, 15) is 4.79 Å². The largest absolute Gasteiger partial charge is 0.387 e. The van der Waals surface area contributed by atoms with Crippen molar-refractivity contribution in [3.05, 3.63) is 29.3 Å². The van der Waals surface area contributed by atoms with Gasteiger partial charge in [-0.15, -0.1) is 0 Å². The monoisotopic (exact) mass is 265 g/mol. The summed E-state index contributed by atoms with van der Waals surface area (Å²) in [6, 6.07) is 5.93. The molecule has 0 aliphatic heterocycles. The molecule has 4 heteroatoms. The first-order valence-electron chi connectivity index (χ1n) is 6.62. The summed E-state index contributed by atoms with van der Waals surface area (Å²) < 4.78 is 5.53. The van der Waals surface area contributed by atoms with Crippen LogP contribution in [0.15, 0.2) is 18.2 Å². The molecular weight excluding hydrogens is 242 g/mol. The summed E-state index contributed by atoms with van der Waals surface area (Å²) >= 11 is 0. The molecular formula is C15H23NO3. The number of anilines is 1. The number of nitrogens with zero attached hydrogens (tertiary/aromatic N) is 1. The minimum Gasteiger partial charge on any atom is -0.387 e. The molecule has 0 aliphatic carbocycles. The van der Waals surface area contributed by atoms with Crippen LogP contribution in [0, 0.1) is 6.92 Å². The van der Waals surface area contributed by atoms with E-state index in [1.165, 1.54) is 4.90 Å². The second-order valence-corrected chi connectivity index (χ2v) is 4.76. The third-order valence-corrected chi connectivity index (χ3v) is 2.95. The second kappa shape index (κ2) is 7.26. The fourth-order valence-electron chi connectivity index (χ4n) is 1.96. The van der Waals surface area contributed by atoms with E-state index in [1.54, 1.807) is 0 Å². The molecule has 1 N–H and O–H groups in total. The number of amides is 1.